The van der Waals surface area contributed by atoms with E-state index in [2.05, 4.69) is 5.32 Å². The zero-order chi connectivity index (χ0) is 14.8. The van der Waals surface area contributed by atoms with Gasteiger partial charge in [-0.05, 0) is 24.7 Å². The molecule has 0 aliphatic heterocycles. The van der Waals surface area contributed by atoms with E-state index in [1.807, 2.05) is 0 Å². The second kappa shape index (κ2) is 5.70. The summed E-state index contributed by atoms with van der Waals surface area (Å²) in [5.41, 5.74) is -0.873. The van der Waals surface area contributed by atoms with Crippen molar-refractivity contribution >= 4 is 11.4 Å². The molecule has 1 aliphatic rings. The van der Waals surface area contributed by atoms with E-state index in [0.29, 0.717) is 13.2 Å². The highest BCUT2D eigenvalue weighted by Crippen LogP contribution is 2.48. The molecule has 1 aromatic carbocycles. The molecule has 1 N–H and O–H groups in total. The van der Waals surface area contributed by atoms with Crippen LogP contribution in [-0.2, 0) is 4.74 Å². The minimum absolute atomic E-state index is 0.0245. The number of methoxy groups -OCH3 is 1. The van der Waals surface area contributed by atoms with Gasteiger partial charge in [-0.25, -0.2) is 8.78 Å². The Labute approximate surface area is 115 Å². The van der Waals surface area contributed by atoms with Crippen LogP contribution in [-0.4, -0.2) is 25.2 Å². The van der Waals surface area contributed by atoms with Crippen molar-refractivity contribution < 1.29 is 18.4 Å². The lowest BCUT2D eigenvalue weighted by Crippen LogP contribution is -2.18. The minimum Gasteiger partial charge on any atom is -0.385 e. The minimum atomic E-state index is -0.945. The number of nitro groups is 1. The van der Waals surface area contributed by atoms with Crippen LogP contribution < -0.4 is 5.32 Å². The molecular weight excluding hydrogens is 270 g/mol. The molecule has 0 atom stereocenters. The van der Waals surface area contributed by atoms with Crippen LogP contribution in [0.15, 0.2) is 12.1 Å². The summed E-state index contributed by atoms with van der Waals surface area (Å²) in [7, 11) is 1.61. The molecule has 0 unspecified atom stereocenters. The van der Waals surface area contributed by atoms with Crippen molar-refractivity contribution in [2.24, 2.45) is 5.41 Å². The Morgan fingerprint density at radius 1 is 1.40 bits per heavy atom. The maximum atomic E-state index is 13.7. The van der Waals surface area contributed by atoms with Gasteiger partial charge < -0.3 is 10.1 Å². The quantitative estimate of drug-likeness (QED) is 0.618. The third kappa shape index (κ3) is 3.22. The maximum absolute atomic E-state index is 13.7. The Hall–Kier alpha value is -1.76. The molecule has 0 heterocycles. The number of ether oxygens (including phenoxy) is 1. The Bertz CT molecular complexity index is 495. The number of rotatable bonds is 7. The lowest BCUT2D eigenvalue weighted by Gasteiger charge is -2.17. The van der Waals surface area contributed by atoms with Gasteiger partial charge in [0.05, 0.1) is 17.1 Å². The zero-order valence-corrected chi connectivity index (χ0v) is 11.1. The molecule has 0 spiro atoms. The summed E-state index contributed by atoms with van der Waals surface area (Å²) in [6, 6.07) is 1.44. The Kier molecular flexibility index (Phi) is 4.17. The van der Waals surface area contributed by atoms with Crippen LogP contribution in [0.3, 0.4) is 0 Å². The molecule has 0 aromatic heterocycles. The normalized spacial score (nSPS) is 15.9. The highest BCUT2D eigenvalue weighted by molar-refractivity contribution is 5.51. The SMILES string of the molecule is COCCC1(CNc2c(F)cc([N+](=O)[O-])cc2F)CC1. The van der Waals surface area contributed by atoms with Crippen molar-refractivity contribution in [2.45, 2.75) is 19.3 Å². The van der Waals surface area contributed by atoms with E-state index in [0.717, 1.165) is 31.4 Å². The first-order valence-corrected chi connectivity index (χ1v) is 6.34. The molecular formula is C13H16F2N2O3. The molecule has 0 radical (unpaired) electrons. The van der Waals surface area contributed by atoms with Crippen molar-refractivity contribution in [3.63, 3.8) is 0 Å². The molecule has 0 saturated heterocycles. The van der Waals surface area contributed by atoms with Gasteiger partial charge in [-0.2, -0.15) is 0 Å². The van der Waals surface area contributed by atoms with Crippen molar-refractivity contribution in [2.75, 3.05) is 25.6 Å². The third-order valence-corrected chi connectivity index (χ3v) is 3.67. The van der Waals surface area contributed by atoms with Crippen LogP contribution in [0.4, 0.5) is 20.2 Å². The molecule has 7 heteroatoms. The summed E-state index contributed by atoms with van der Waals surface area (Å²) in [4.78, 5) is 9.68. The van der Waals surface area contributed by atoms with Gasteiger partial charge in [-0.15, -0.1) is 0 Å². The smallest absolute Gasteiger partial charge is 0.275 e. The second-order valence-corrected chi connectivity index (χ2v) is 5.14. The highest BCUT2D eigenvalue weighted by atomic mass is 19.1. The van der Waals surface area contributed by atoms with Gasteiger partial charge in [0.25, 0.3) is 5.69 Å². The summed E-state index contributed by atoms with van der Waals surface area (Å²) in [6.45, 7) is 1.04. The number of hydrogen-bond acceptors (Lipinski definition) is 4. The van der Waals surface area contributed by atoms with Gasteiger partial charge in [-0.3, -0.25) is 10.1 Å². The average molecular weight is 286 g/mol. The van der Waals surface area contributed by atoms with Crippen molar-refractivity contribution in [1.29, 1.82) is 0 Å². The standard InChI is InChI=1S/C13H16F2N2O3/c1-20-5-4-13(2-3-13)8-16-12-10(14)6-9(17(18)19)7-11(12)15/h6-7,16H,2-5,8H2,1H3. The zero-order valence-electron chi connectivity index (χ0n) is 11.1. The van der Waals surface area contributed by atoms with Gasteiger partial charge in [0, 0.05) is 20.3 Å². The van der Waals surface area contributed by atoms with Gasteiger partial charge in [0.2, 0.25) is 0 Å². The van der Waals surface area contributed by atoms with E-state index in [1.165, 1.54) is 0 Å². The summed E-state index contributed by atoms with van der Waals surface area (Å²) < 4.78 is 32.4. The second-order valence-electron chi connectivity index (χ2n) is 5.14. The number of hydrogen-bond donors (Lipinski definition) is 1. The van der Waals surface area contributed by atoms with Gasteiger partial charge in [-0.1, -0.05) is 0 Å². The van der Waals surface area contributed by atoms with Crippen molar-refractivity contribution in [1.82, 2.24) is 0 Å². The first-order valence-electron chi connectivity index (χ1n) is 6.34. The number of benzene rings is 1. The van der Waals surface area contributed by atoms with E-state index in [1.54, 1.807) is 7.11 Å². The fraction of sp³-hybridized carbons (Fsp3) is 0.538. The third-order valence-electron chi connectivity index (χ3n) is 3.67. The van der Waals surface area contributed by atoms with E-state index >= 15 is 0 Å². The molecule has 2 rings (SSSR count). The van der Waals surface area contributed by atoms with Gasteiger partial charge in [0.15, 0.2) is 11.6 Å². The summed E-state index contributed by atoms with van der Waals surface area (Å²) in [5.74, 6) is -1.89. The van der Waals surface area contributed by atoms with Crippen LogP contribution >= 0.6 is 0 Å². The van der Waals surface area contributed by atoms with Crippen LogP contribution in [0, 0.1) is 27.2 Å². The fourth-order valence-corrected chi connectivity index (χ4v) is 2.12. The van der Waals surface area contributed by atoms with Gasteiger partial charge in [0.1, 0.15) is 5.69 Å². The lowest BCUT2D eigenvalue weighted by atomic mass is 10.0. The molecule has 110 valence electrons. The molecule has 1 aromatic rings. The van der Waals surface area contributed by atoms with Crippen LogP contribution in [0.2, 0.25) is 0 Å². The fourth-order valence-electron chi connectivity index (χ4n) is 2.12. The summed E-state index contributed by atoms with van der Waals surface area (Å²) in [5, 5.41) is 13.2. The Morgan fingerprint density at radius 2 is 2.00 bits per heavy atom. The van der Waals surface area contributed by atoms with Crippen molar-refractivity contribution in [3.05, 3.63) is 33.9 Å². The maximum Gasteiger partial charge on any atom is 0.275 e. The Morgan fingerprint density at radius 3 is 2.45 bits per heavy atom. The topological polar surface area (TPSA) is 64.4 Å². The number of nitrogens with one attached hydrogen (secondary N) is 1. The first kappa shape index (κ1) is 14.6. The summed E-state index contributed by atoms with van der Waals surface area (Å²) in [6.07, 6.45) is 2.80. The molecule has 0 amide bonds. The average Bonchev–Trinajstić information content (AvgIpc) is 3.15. The monoisotopic (exact) mass is 286 g/mol. The van der Waals surface area contributed by atoms with Crippen molar-refractivity contribution in [3.8, 4) is 0 Å². The molecule has 20 heavy (non-hydrogen) atoms. The largest absolute Gasteiger partial charge is 0.385 e. The number of non-ortho nitro benzene ring substituents is 1. The molecule has 1 aliphatic carbocycles. The number of halogens is 2. The van der Waals surface area contributed by atoms with E-state index in [9.17, 15) is 18.9 Å². The highest BCUT2D eigenvalue weighted by Gasteiger charge is 2.42. The van der Waals surface area contributed by atoms with E-state index in [-0.39, 0.29) is 11.1 Å². The van der Waals surface area contributed by atoms with Crippen LogP contribution in [0.5, 0.6) is 0 Å². The Balaban J connectivity index is 2.05. The molecule has 5 nitrogen and oxygen atoms in total. The molecule has 1 saturated carbocycles. The lowest BCUT2D eigenvalue weighted by molar-refractivity contribution is -0.385. The van der Waals surface area contributed by atoms with Gasteiger partial charge >= 0.3 is 0 Å². The first-order chi connectivity index (χ1) is 9.47. The molecule has 0 bridgehead atoms. The predicted molar refractivity (Wildman–Crippen MR) is 69.7 cm³/mol. The van der Waals surface area contributed by atoms with Crippen LogP contribution in [0.25, 0.3) is 0 Å². The number of nitrogens with zero attached hydrogens (tertiary/aromatic N) is 1. The number of nitro benzene ring substituents is 1. The van der Waals surface area contributed by atoms with Crippen LogP contribution in [0.1, 0.15) is 19.3 Å². The summed E-state index contributed by atoms with van der Waals surface area (Å²) >= 11 is 0. The predicted octanol–water partition coefficient (Wildman–Crippen LogP) is 3.10. The van der Waals surface area contributed by atoms with E-state index < -0.39 is 22.2 Å². The van der Waals surface area contributed by atoms with E-state index in [4.69, 9.17) is 4.74 Å². The molecule has 1 fully saturated rings. The number of anilines is 1.